The minimum atomic E-state index is 0.612. The molecule has 0 aliphatic rings. The van der Waals surface area contributed by atoms with Crippen molar-refractivity contribution in [2.75, 3.05) is 6.54 Å². The third-order valence-corrected chi connectivity index (χ3v) is 2.23. The molecule has 0 aliphatic carbocycles. The van der Waals surface area contributed by atoms with Gasteiger partial charge in [0.15, 0.2) is 0 Å². The van der Waals surface area contributed by atoms with Crippen LogP contribution in [-0.4, -0.2) is 11.5 Å². The second-order valence-electron chi connectivity index (χ2n) is 3.16. The molecule has 0 spiro atoms. The molecule has 1 heterocycles. The number of aromatic amines is 1. The van der Waals surface area contributed by atoms with Gasteiger partial charge in [-0.15, -0.1) is 6.42 Å². The van der Waals surface area contributed by atoms with E-state index in [9.17, 15) is 0 Å². The maximum absolute atomic E-state index is 5.17. The SMILES string of the molecule is C#CCNCc1cccc2[nH]ccc12. The molecular weight excluding hydrogens is 172 g/mol. The van der Waals surface area contributed by atoms with Crippen LogP contribution in [0, 0.1) is 12.3 Å². The van der Waals surface area contributed by atoms with Crippen molar-refractivity contribution in [3.8, 4) is 12.3 Å². The molecule has 0 saturated carbocycles. The van der Waals surface area contributed by atoms with Gasteiger partial charge in [-0.2, -0.15) is 0 Å². The van der Waals surface area contributed by atoms with E-state index in [1.165, 1.54) is 16.5 Å². The molecule has 0 saturated heterocycles. The third-order valence-electron chi connectivity index (χ3n) is 2.23. The van der Waals surface area contributed by atoms with Gasteiger partial charge in [0.05, 0.1) is 6.54 Å². The molecule has 1 aromatic carbocycles. The first-order chi connectivity index (χ1) is 6.92. The molecule has 0 aliphatic heterocycles. The van der Waals surface area contributed by atoms with Crippen LogP contribution in [0.1, 0.15) is 5.56 Å². The average molecular weight is 184 g/mol. The van der Waals surface area contributed by atoms with E-state index in [0.717, 1.165) is 6.54 Å². The van der Waals surface area contributed by atoms with Gasteiger partial charge in [-0.05, 0) is 17.7 Å². The van der Waals surface area contributed by atoms with Crippen molar-refractivity contribution in [1.82, 2.24) is 10.3 Å². The van der Waals surface area contributed by atoms with E-state index in [0.29, 0.717) is 6.54 Å². The summed E-state index contributed by atoms with van der Waals surface area (Å²) in [5.74, 6) is 2.56. The molecule has 0 fully saturated rings. The van der Waals surface area contributed by atoms with E-state index in [-0.39, 0.29) is 0 Å². The lowest BCUT2D eigenvalue weighted by molar-refractivity contribution is 0.775. The Hall–Kier alpha value is -1.72. The molecule has 0 unspecified atom stereocenters. The van der Waals surface area contributed by atoms with E-state index >= 15 is 0 Å². The summed E-state index contributed by atoms with van der Waals surface area (Å²) >= 11 is 0. The predicted octanol–water partition coefficient (Wildman–Crippen LogP) is 1.89. The summed E-state index contributed by atoms with van der Waals surface area (Å²) in [6, 6.07) is 8.31. The maximum atomic E-state index is 5.17. The van der Waals surface area contributed by atoms with Crippen LogP contribution in [0.4, 0.5) is 0 Å². The van der Waals surface area contributed by atoms with Crippen molar-refractivity contribution in [2.45, 2.75) is 6.54 Å². The minimum Gasteiger partial charge on any atom is -0.361 e. The van der Waals surface area contributed by atoms with Gasteiger partial charge in [0.2, 0.25) is 0 Å². The van der Waals surface area contributed by atoms with E-state index < -0.39 is 0 Å². The molecule has 2 nitrogen and oxygen atoms in total. The number of fused-ring (bicyclic) bond motifs is 1. The Morgan fingerprint density at radius 2 is 2.29 bits per heavy atom. The van der Waals surface area contributed by atoms with Gasteiger partial charge in [-0.25, -0.2) is 0 Å². The number of aromatic nitrogens is 1. The van der Waals surface area contributed by atoms with Crippen molar-refractivity contribution in [3.63, 3.8) is 0 Å². The minimum absolute atomic E-state index is 0.612. The van der Waals surface area contributed by atoms with Crippen LogP contribution < -0.4 is 5.32 Å². The zero-order chi connectivity index (χ0) is 9.80. The summed E-state index contributed by atoms with van der Waals surface area (Å²) in [6.45, 7) is 1.43. The van der Waals surface area contributed by atoms with Crippen molar-refractivity contribution >= 4 is 10.9 Å². The first-order valence-electron chi connectivity index (χ1n) is 4.61. The van der Waals surface area contributed by atoms with Gasteiger partial charge in [-0.3, -0.25) is 0 Å². The average Bonchev–Trinajstić information content (AvgIpc) is 2.67. The normalized spacial score (nSPS) is 10.2. The van der Waals surface area contributed by atoms with Crippen molar-refractivity contribution in [3.05, 3.63) is 36.0 Å². The Morgan fingerprint density at radius 3 is 3.14 bits per heavy atom. The second-order valence-corrected chi connectivity index (χ2v) is 3.16. The van der Waals surface area contributed by atoms with Crippen LogP contribution in [0.5, 0.6) is 0 Å². The molecular formula is C12H12N2. The molecule has 0 atom stereocenters. The summed E-state index contributed by atoms with van der Waals surface area (Å²) in [7, 11) is 0. The third kappa shape index (κ3) is 1.63. The highest BCUT2D eigenvalue weighted by atomic mass is 14.8. The van der Waals surface area contributed by atoms with E-state index in [1.54, 1.807) is 0 Å². The van der Waals surface area contributed by atoms with Crippen LogP contribution in [0.3, 0.4) is 0 Å². The summed E-state index contributed by atoms with van der Waals surface area (Å²) in [5.41, 5.74) is 2.45. The molecule has 2 N–H and O–H groups in total. The van der Waals surface area contributed by atoms with Crippen LogP contribution >= 0.6 is 0 Å². The lowest BCUT2D eigenvalue weighted by atomic mass is 10.1. The number of benzene rings is 1. The van der Waals surface area contributed by atoms with Crippen LogP contribution in [0.2, 0.25) is 0 Å². The number of hydrogen-bond acceptors (Lipinski definition) is 1. The van der Waals surface area contributed by atoms with Gasteiger partial charge in [0, 0.05) is 23.6 Å². The fourth-order valence-electron chi connectivity index (χ4n) is 1.57. The lowest BCUT2D eigenvalue weighted by Crippen LogP contribution is -2.12. The first-order valence-corrected chi connectivity index (χ1v) is 4.61. The fraction of sp³-hybridized carbons (Fsp3) is 0.167. The van der Waals surface area contributed by atoms with Gasteiger partial charge in [-0.1, -0.05) is 18.1 Å². The summed E-state index contributed by atoms with van der Waals surface area (Å²) in [5, 5.41) is 4.44. The first kappa shape index (κ1) is 8.86. The molecule has 1 aromatic heterocycles. The van der Waals surface area contributed by atoms with E-state index in [2.05, 4.69) is 34.4 Å². The van der Waals surface area contributed by atoms with Gasteiger partial charge in [0.25, 0.3) is 0 Å². The number of H-pyrrole nitrogens is 1. The Balaban J connectivity index is 2.24. The van der Waals surface area contributed by atoms with Gasteiger partial charge in [0.1, 0.15) is 0 Å². The molecule has 70 valence electrons. The molecule has 0 radical (unpaired) electrons. The predicted molar refractivity (Wildman–Crippen MR) is 58.8 cm³/mol. The molecule has 14 heavy (non-hydrogen) atoms. The number of terminal acetylenes is 1. The molecule has 2 heteroatoms. The Morgan fingerprint density at radius 1 is 1.36 bits per heavy atom. The Labute approximate surface area is 83.3 Å². The lowest BCUT2D eigenvalue weighted by Gasteiger charge is -2.02. The topological polar surface area (TPSA) is 27.8 Å². The van der Waals surface area contributed by atoms with E-state index in [1.807, 2.05) is 12.3 Å². The van der Waals surface area contributed by atoms with Crippen LogP contribution in [-0.2, 0) is 6.54 Å². The monoisotopic (exact) mass is 184 g/mol. The molecule has 0 bridgehead atoms. The summed E-state index contributed by atoms with van der Waals surface area (Å²) in [4.78, 5) is 3.18. The zero-order valence-corrected chi connectivity index (χ0v) is 7.88. The van der Waals surface area contributed by atoms with Crippen LogP contribution in [0.15, 0.2) is 30.5 Å². The largest absolute Gasteiger partial charge is 0.361 e. The molecule has 2 aromatic rings. The van der Waals surface area contributed by atoms with Gasteiger partial charge < -0.3 is 10.3 Å². The number of nitrogens with one attached hydrogen (secondary N) is 2. The highest BCUT2D eigenvalue weighted by Gasteiger charge is 1.99. The quantitative estimate of drug-likeness (QED) is 0.553. The standard InChI is InChI=1S/C12H12N2/c1-2-7-13-9-10-4-3-5-12-11(10)6-8-14-12/h1,3-6,8,13-14H,7,9H2. The van der Waals surface area contributed by atoms with Crippen molar-refractivity contribution in [1.29, 1.82) is 0 Å². The molecule has 2 rings (SSSR count). The summed E-state index contributed by atoms with van der Waals surface area (Å²) < 4.78 is 0. The fourth-order valence-corrected chi connectivity index (χ4v) is 1.57. The van der Waals surface area contributed by atoms with E-state index in [4.69, 9.17) is 6.42 Å². The zero-order valence-electron chi connectivity index (χ0n) is 7.88. The maximum Gasteiger partial charge on any atom is 0.0576 e. The van der Waals surface area contributed by atoms with Gasteiger partial charge >= 0.3 is 0 Å². The second kappa shape index (κ2) is 3.99. The summed E-state index contributed by atoms with van der Waals surface area (Å²) in [6.07, 6.45) is 7.12. The molecule has 0 amide bonds. The Kier molecular flexibility index (Phi) is 2.53. The van der Waals surface area contributed by atoms with Crippen molar-refractivity contribution < 1.29 is 0 Å². The van der Waals surface area contributed by atoms with Crippen molar-refractivity contribution in [2.24, 2.45) is 0 Å². The van der Waals surface area contributed by atoms with Crippen LogP contribution in [0.25, 0.3) is 10.9 Å². The Bertz CT molecular complexity index is 462. The number of rotatable bonds is 3. The highest BCUT2D eigenvalue weighted by Crippen LogP contribution is 2.16. The highest BCUT2D eigenvalue weighted by molar-refractivity contribution is 5.82. The smallest absolute Gasteiger partial charge is 0.0576 e. The number of hydrogen-bond donors (Lipinski definition) is 2.